The van der Waals surface area contributed by atoms with Gasteiger partial charge in [0, 0.05) is 18.1 Å². The molecule has 0 aliphatic heterocycles. The summed E-state index contributed by atoms with van der Waals surface area (Å²) in [4.78, 5) is 15.4. The third-order valence-corrected chi connectivity index (χ3v) is 4.89. The summed E-state index contributed by atoms with van der Waals surface area (Å²) in [7, 11) is 0. The molecule has 128 valence electrons. The molecule has 0 unspecified atom stereocenters. The molecule has 2 aromatic heterocycles. The molecule has 0 bridgehead atoms. The molecule has 0 amide bonds. The van der Waals surface area contributed by atoms with Gasteiger partial charge in [-0.25, -0.2) is 4.98 Å². The van der Waals surface area contributed by atoms with E-state index < -0.39 is 0 Å². The lowest BCUT2D eigenvalue weighted by molar-refractivity contribution is -0.385. The van der Waals surface area contributed by atoms with Crippen molar-refractivity contribution in [2.45, 2.75) is 32.1 Å². The predicted octanol–water partition coefficient (Wildman–Crippen LogP) is 3.29. The van der Waals surface area contributed by atoms with Crippen molar-refractivity contribution in [1.82, 2.24) is 9.38 Å². The van der Waals surface area contributed by atoms with E-state index in [9.17, 15) is 10.1 Å². The van der Waals surface area contributed by atoms with Gasteiger partial charge in [-0.05, 0) is 55.5 Å². The van der Waals surface area contributed by atoms with Crippen molar-refractivity contribution in [3.63, 3.8) is 0 Å². The highest BCUT2D eigenvalue weighted by molar-refractivity contribution is 5.69. The van der Waals surface area contributed by atoms with Crippen LogP contribution in [-0.4, -0.2) is 20.9 Å². The second kappa shape index (κ2) is 6.29. The maximum Gasteiger partial charge on any atom is 0.286 e. The van der Waals surface area contributed by atoms with Crippen LogP contribution in [0.1, 0.15) is 29.7 Å². The van der Waals surface area contributed by atoms with Crippen molar-refractivity contribution < 1.29 is 4.92 Å². The molecular formula is C19H20N4O2. The van der Waals surface area contributed by atoms with E-state index in [0.717, 1.165) is 29.8 Å². The van der Waals surface area contributed by atoms with E-state index in [1.54, 1.807) is 12.3 Å². The van der Waals surface area contributed by atoms with Crippen LogP contribution in [0.2, 0.25) is 0 Å². The zero-order chi connectivity index (χ0) is 17.4. The molecule has 4 rings (SSSR count). The Kier molecular flexibility index (Phi) is 3.97. The highest BCUT2D eigenvalue weighted by Crippen LogP contribution is 2.31. The molecule has 0 spiro atoms. The Balaban J connectivity index is 1.93. The molecule has 0 atom stereocenters. The minimum atomic E-state index is -0.376. The molecule has 2 N–H and O–H groups in total. The third kappa shape index (κ3) is 2.78. The van der Waals surface area contributed by atoms with Crippen molar-refractivity contribution in [1.29, 1.82) is 0 Å². The smallest absolute Gasteiger partial charge is 0.286 e. The first-order valence-electron chi connectivity index (χ1n) is 8.65. The van der Waals surface area contributed by atoms with E-state index in [1.165, 1.54) is 30.0 Å². The summed E-state index contributed by atoms with van der Waals surface area (Å²) in [5, 5.41) is 11.2. The fourth-order valence-corrected chi connectivity index (χ4v) is 3.69. The van der Waals surface area contributed by atoms with Crippen LogP contribution < -0.4 is 5.73 Å². The quantitative estimate of drug-likeness (QED) is 0.585. The molecule has 3 aromatic rings. The van der Waals surface area contributed by atoms with Crippen LogP contribution in [0.25, 0.3) is 16.9 Å². The lowest BCUT2D eigenvalue weighted by atomic mass is 9.89. The summed E-state index contributed by atoms with van der Waals surface area (Å²) >= 11 is 0. The molecule has 0 radical (unpaired) electrons. The molecule has 1 aliphatic carbocycles. The first-order chi connectivity index (χ1) is 12.2. The van der Waals surface area contributed by atoms with E-state index in [-0.39, 0.29) is 10.6 Å². The van der Waals surface area contributed by atoms with Gasteiger partial charge in [-0.15, -0.1) is 0 Å². The van der Waals surface area contributed by atoms with Gasteiger partial charge >= 0.3 is 0 Å². The van der Waals surface area contributed by atoms with Gasteiger partial charge in [0.2, 0.25) is 0 Å². The number of aryl methyl sites for hydroxylation is 2. The number of imidazole rings is 1. The van der Waals surface area contributed by atoms with Crippen LogP contribution in [-0.2, 0) is 19.3 Å². The number of pyridine rings is 1. The number of fused-ring (bicyclic) bond motifs is 2. The highest BCUT2D eigenvalue weighted by Gasteiger charge is 2.18. The zero-order valence-corrected chi connectivity index (χ0v) is 13.9. The Morgan fingerprint density at radius 1 is 1.16 bits per heavy atom. The maximum absolute atomic E-state index is 11.2. The Morgan fingerprint density at radius 2 is 1.96 bits per heavy atom. The zero-order valence-electron chi connectivity index (χ0n) is 13.9. The van der Waals surface area contributed by atoms with Crippen LogP contribution in [0.5, 0.6) is 0 Å². The normalized spacial score (nSPS) is 13.8. The van der Waals surface area contributed by atoms with Crippen molar-refractivity contribution in [3.05, 3.63) is 63.5 Å². The summed E-state index contributed by atoms with van der Waals surface area (Å²) in [6.07, 6.45) is 6.87. The fourth-order valence-electron chi connectivity index (χ4n) is 3.69. The van der Waals surface area contributed by atoms with Gasteiger partial charge in [0.15, 0.2) is 0 Å². The second-order valence-corrected chi connectivity index (χ2v) is 6.51. The Hall–Kier alpha value is -2.73. The first kappa shape index (κ1) is 15.8. The second-order valence-electron chi connectivity index (χ2n) is 6.51. The number of hydrogen-bond acceptors (Lipinski definition) is 4. The maximum atomic E-state index is 11.2. The van der Waals surface area contributed by atoms with Crippen LogP contribution >= 0.6 is 0 Å². The van der Waals surface area contributed by atoms with E-state index >= 15 is 0 Å². The van der Waals surface area contributed by atoms with E-state index in [0.29, 0.717) is 18.6 Å². The van der Waals surface area contributed by atoms with Crippen LogP contribution in [0.4, 0.5) is 5.69 Å². The number of nitro groups is 1. The lowest BCUT2D eigenvalue weighted by Gasteiger charge is -2.17. The van der Waals surface area contributed by atoms with Crippen molar-refractivity contribution in [3.8, 4) is 11.3 Å². The molecule has 25 heavy (non-hydrogen) atoms. The van der Waals surface area contributed by atoms with Crippen LogP contribution in [0, 0.1) is 10.1 Å². The lowest BCUT2D eigenvalue weighted by Crippen LogP contribution is -2.06. The largest absolute Gasteiger partial charge is 0.330 e. The van der Waals surface area contributed by atoms with Crippen LogP contribution in [0.3, 0.4) is 0 Å². The Bertz CT molecular complexity index is 961. The molecule has 6 nitrogen and oxygen atoms in total. The SMILES string of the molecule is NCCc1nc2ccc([N+](=O)[O-])cn2c1-c1ccc2c(c1)CCCC2. The Labute approximate surface area is 145 Å². The molecule has 1 aliphatic rings. The summed E-state index contributed by atoms with van der Waals surface area (Å²) in [6, 6.07) is 9.70. The van der Waals surface area contributed by atoms with Gasteiger partial charge in [0.05, 0.1) is 22.5 Å². The van der Waals surface area contributed by atoms with Crippen LogP contribution in [0.15, 0.2) is 36.5 Å². The van der Waals surface area contributed by atoms with Gasteiger partial charge in [0.25, 0.3) is 5.69 Å². The van der Waals surface area contributed by atoms with Gasteiger partial charge < -0.3 is 5.73 Å². The first-order valence-corrected chi connectivity index (χ1v) is 8.65. The minimum Gasteiger partial charge on any atom is -0.330 e. The van der Waals surface area contributed by atoms with Gasteiger partial charge in [-0.3, -0.25) is 14.5 Å². The van der Waals surface area contributed by atoms with E-state index in [4.69, 9.17) is 5.73 Å². The molecule has 0 saturated heterocycles. The monoisotopic (exact) mass is 336 g/mol. The summed E-state index contributed by atoms with van der Waals surface area (Å²) < 4.78 is 1.83. The summed E-state index contributed by atoms with van der Waals surface area (Å²) in [6.45, 7) is 0.490. The number of rotatable bonds is 4. The van der Waals surface area contributed by atoms with Gasteiger partial charge in [-0.1, -0.05) is 12.1 Å². The molecule has 0 fully saturated rings. The third-order valence-electron chi connectivity index (χ3n) is 4.89. The van der Waals surface area contributed by atoms with Crippen molar-refractivity contribution >= 4 is 11.3 Å². The number of nitrogens with two attached hydrogens (primary N) is 1. The standard InChI is InChI=1S/C19H20N4O2/c20-10-9-17-19(15-6-5-13-3-1-2-4-14(13)11-15)22-12-16(23(24)25)7-8-18(22)21-17/h5-8,11-12H,1-4,9-10,20H2. The van der Waals surface area contributed by atoms with Crippen molar-refractivity contribution in [2.75, 3.05) is 6.54 Å². The molecule has 2 heterocycles. The average molecular weight is 336 g/mol. The molecular weight excluding hydrogens is 316 g/mol. The van der Waals surface area contributed by atoms with Gasteiger partial charge in [0.1, 0.15) is 5.65 Å². The Morgan fingerprint density at radius 3 is 2.72 bits per heavy atom. The summed E-state index contributed by atoms with van der Waals surface area (Å²) in [5.41, 5.74) is 12.2. The fraction of sp³-hybridized carbons (Fsp3) is 0.316. The molecule has 6 heteroatoms. The highest BCUT2D eigenvalue weighted by atomic mass is 16.6. The van der Waals surface area contributed by atoms with Gasteiger partial charge in [-0.2, -0.15) is 0 Å². The molecule has 0 saturated carbocycles. The predicted molar refractivity (Wildman–Crippen MR) is 96.7 cm³/mol. The topological polar surface area (TPSA) is 86.5 Å². The number of hydrogen-bond donors (Lipinski definition) is 1. The van der Waals surface area contributed by atoms with Crippen molar-refractivity contribution in [2.24, 2.45) is 5.73 Å². The molecule has 1 aromatic carbocycles. The number of benzene rings is 1. The van der Waals surface area contributed by atoms with E-state index in [2.05, 4.69) is 23.2 Å². The number of aromatic nitrogens is 2. The number of nitrogens with zero attached hydrogens (tertiary/aromatic N) is 3. The van der Waals surface area contributed by atoms with E-state index in [1.807, 2.05) is 4.40 Å². The average Bonchev–Trinajstić information content (AvgIpc) is 2.98. The summed E-state index contributed by atoms with van der Waals surface area (Å²) in [5.74, 6) is 0. The minimum absolute atomic E-state index is 0.0587.